The summed E-state index contributed by atoms with van der Waals surface area (Å²) in [5.74, 6) is -0.137. The second-order valence-corrected chi connectivity index (χ2v) is 7.71. The normalized spacial score (nSPS) is 12.7. The van der Waals surface area contributed by atoms with Crippen molar-refractivity contribution in [2.45, 2.75) is 24.8 Å². The Morgan fingerprint density at radius 2 is 1.89 bits per heavy atom. The minimum absolute atomic E-state index is 0.0350. The van der Waals surface area contributed by atoms with E-state index in [4.69, 9.17) is 16.4 Å². The zero-order chi connectivity index (χ0) is 20.3. The number of aromatic hydroxyl groups is 1. The van der Waals surface area contributed by atoms with Crippen molar-refractivity contribution in [3.63, 3.8) is 0 Å². The second kappa shape index (κ2) is 8.94. The minimum Gasteiger partial charge on any atom is -0.505 e. The van der Waals surface area contributed by atoms with Crippen LogP contribution in [0.25, 0.3) is 0 Å². The maximum atomic E-state index is 12.0. The number of rotatable bonds is 9. The lowest BCUT2D eigenvalue weighted by molar-refractivity contribution is -0.0146. The molecule has 0 fully saturated rings. The van der Waals surface area contributed by atoms with Crippen molar-refractivity contribution in [1.29, 1.82) is 0 Å². The molecule has 0 aliphatic carbocycles. The number of aliphatic hydroxyl groups is 1. The van der Waals surface area contributed by atoms with E-state index in [0.29, 0.717) is 9.92 Å². The van der Waals surface area contributed by atoms with Crippen LogP contribution in [-0.2, 0) is 4.84 Å². The predicted octanol–water partition coefficient (Wildman–Crippen LogP) is 2.31. The molecule has 2 aromatic carbocycles. The first-order valence-corrected chi connectivity index (χ1v) is 9.31. The number of anilines is 3. The number of benzene rings is 1. The summed E-state index contributed by atoms with van der Waals surface area (Å²) in [4.78, 5) is 29.3. The van der Waals surface area contributed by atoms with Crippen LogP contribution in [0.5, 0.6) is 5.75 Å². The lowest BCUT2D eigenvalue weighted by Crippen LogP contribution is -2.41. The van der Waals surface area contributed by atoms with Gasteiger partial charge in [-0.05, 0) is 30.0 Å². The Bertz CT molecular complexity index is 882. The van der Waals surface area contributed by atoms with Crippen molar-refractivity contribution in [1.82, 2.24) is 4.47 Å². The fourth-order valence-corrected chi connectivity index (χ4v) is 3.23. The third kappa shape index (κ3) is 4.56. The van der Waals surface area contributed by atoms with Crippen LogP contribution in [0.4, 0.5) is 17.1 Å². The Labute approximate surface area is 165 Å². The molecule has 1 atom stereocenters. The van der Waals surface area contributed by atoms with Crippen LogP contribution in [0.1, 0.15) is 13.8 Å². The number of nitrogens with one attached hydrogen (secondary N) is 2. The summed E-state index contributed by atoms with van der Waals surface area (Å²) in [6.07, 6.45) is 0. The molecule has 0 aliphatic rings. The molecule has 1 unspecified atom stereocenters. The molecule has 2 rings (SSSR count). The number of phenols is 1. The number of hydrogen-bond donors (Lipinski definition) is 4. The van der Waals surface area contributed by atoms with Gasteiger partial charge in [-0.3, -0.25) is 14.4 Å². The molecular weight excluding hydrogens is 394 g/mol. The highest BCUT2D eigenvalue weighted by Crippen LogP contribution is 2.42. The molecule has 0 spiro atoms. The molecule has 0 radical (unpaired) electrons. The molecule has 8 nitrogen and oxygen atoms in total. The van der Waals surface area contributed by atoms with Gasteiger partial charge in [-0.2, -0.15) is 0 Å². The second-order valence-electron chi connectivity index (χ2n) is 6.20. The molecule has 0 aliphatic heterocycles. The maximum Gasteiger partial charge on any atom is 0.253 e. The molecule has 0 amide bonds. The number of hydroxylamine groups is 1. The van der Waals surface area contributed by atoms with Crippen molar-refractivity contribution < 1.29 is 15.1 Å². The third-order valence-corrected chi connectivity index (χ3v) is 5.49. The average Bonchev–Trinajstić information content (AvgIpc) is 2.65. The standard InChI is InChI=1S/C17H22ClN3O5S/c1-8(2)11(7-22)20-13-12(15(24)16(13)25)19-10-6-5-9(18)17(14(10)23)27-21(3)26-4/h5-6,8,11,19-20,22-23H,7H2,1-4H3. The van der Waals surface area contributed by atoms with Crippen LogP contribution < -0.4 is 21.5 Å². The number of phenolic OH excluding ortho intramolecular Hbond substituents is 1. The van der Waals surface area contributed by atoms with Gasteiger partial charge in [0.1, 0.15) is 11.4 Å². The first-order chi connectivity index (χ1) is 12.7. The summed E-state index contributed by atoms with van der Waals surface area (Å²) in [5.41, 5.74) is -1.03. The smallest absolute Gasteiger partial charge is 0.253 e. The molecule has 148 valence electrons. The lowest BCUT2D eigenvalue weighted by atomic mass is 10.0. The van der Waals surface area contributed by atoms with Gasteiger partial charge in [-0.25, -0.2) is 0 Å². The summed E-state index contributed by atoms with van der Waals surface area (Å²) in [7, 11) is 3.11. The summed E-state index contributed by atoms with van der Waals surface area (Å²) >= 11 is 7.18. The highest BCUT2D eigenvalue weighted by molar-refractivity contribution is 7.97. The lowest BCUT2D eigenvalue weighted by Gasteiger charge is -2.24. The van der Waals surface area contributed by atoms with Crippen molar-refractivity contribution in [2.75, 3.05) is 31.4 Å². The zero-order valence-corrected chi connectivity index (χ0v) is 16.9. The maximum absolute atomic E-state index is 12.0. The SMILES string of the molecule is CON(C)Sc1c(Cl)ccc(Nc2c(NC(CO)C(C)C)c(=O)c2=O)c1O. The van der Waals surface area contributed by atoms with Crippen LogP contribution in [0, 0.1) is 5.92 Å². The van der Waals surface area contributed by atoms with Crippen LogP contribution in [0.15, 0.2) is 26.6 Å². The Morgan fingerprint density at radius 1 is 1.26 bits per heavy atom. The fraction of sp³-hybridized carbons (Fsp3) is 0.412. The van der Waals surface area contributed by atoms with Gasteiger partial charge in [0.05, 0.1) is 35.4 Å². The van der Waals surface area contributed by atoms with Crippen LogP contribution >= 0.6 is 23.5 Å². The first kappa shape index (κ1) is 21.5. The third-order valence-electron chi connectivity index (χ3n) is 4.06. The van der Waals surface area contributed by atoms with Gasteiger partial charge in [0.25, 0.3) is 10.9 Å². The molecule has 0 saturated carbocycles. The summed E-state index contributed by atoms with van der Waals surface area (Å²) in [5, 5.41) is 25.9. The van der Waals surface area contributed by atoms with Gasteiger partial charge in [-0.15, -0.1) is 4.47 Å². The zero-order valence-electron chi connectivity index (χ0n) is 15.4. The van der Waals surface area contributed by atoms with E-state index in [2.05, 4.69) is 10.6 Å². The van der Waals surface area contributed by atoms with E-state index < -0.39 is 10.9 Å². The van der Waals surface area contributed by atoms with Crippen molar-refractivity contribution >= 4 is 40.6 Å². The van der Waals surface area contributed by atoms with Gasteiger partial charge in [0, 0.05) is 7.05 Å². The van der Waals surface area contributed by atoms with Gasteiger partial charge in [0.15, 0.2) is 5.75 Å². The largest absolute Gasteiger partial charge is 0.505 e. The number of hydrogen-bond acceptors (Lipinski definition) is 9. The van der Waals surface area contributed by atoms with E-state index >= 15 is 0 Å². The van der Waals surface area contributed by atoms with E-state index in [9.17, 15) is 19.8 Å². The summed E-state index contributed by atoms with van der Waals surface area (Å²) in [6, 6.07) is 2.68. The number of halogens is 1. The molecule has 10 heteroatoms. The highest BCUT2D eigenvalue weighted by atomic mass is 35.5. The molecule has 0 bridgehead atoms. The molecule has 0 aromatic heterocycles. The Hall–Kier alpha value is -1.78. The molecule has 0 saturated heterocycles. The Kier molecular flexibility index (Phi) is 7.12. The van der Waals surface area contributed by atoms with E-state index in [0.717, 1.165) is 11.9 Å². The minimum atomic E-state index is -0.699. The van der Waals surface area contributed by atoms with Gasteiger partial charge in [0.2, 0.25) is 0 Å². The Morgan fingerprint density at radius 3 is 2.44 bits per heavy atom. The fourth-order valence-electron chi connectivity index (χ4n) is 2.29. The molecule has 27 heavy (non-hydrogen) atoms. The van der Waals surface area contributed by atoms with E-state index in [1.807, 2.05) is 13.8 Å². The van der Waals surface area contributed by atoms with Crippen molar-refractivity contribution in [3.05, 3.63) is 37.6 Å². The molecule has 4 N–H and O–H groups in total. The molecule has 0 heterocycles. The molecule has 2 aromatic rings. The van der Waals surface area contributed by atoms with Crippen LogP contribution in [0.2, 0.25) is 5.02 Å². The topological polar surface area (TPSA) is 111 Å². The van der Waals surface area contributed by atoms with Gasteiger partial charge in [-0.1, -0.05) is 25.4 Å². The van der Waals surface area contributed by atoms with E-state index in [1.165, 1.54) is 17.6 Å². The van der Waals surface area contributed by atoms with Crippen molar-refractivity contribution in [2.24, 2.45) is 5.92 Å². The monoisotopic (exact) mass is 415 g/mol. The highest BCUT2D eigenvalue weighted by Gasteiger charge is 2.26. The van der Waals surface area contributed by atoms with Crippen LogP contribution in [0.3, 0.4) is 0 Å². The summed E-state index contributed by atoms with van der Waals surface area (Å²) in [6.45, 7) is 3.58. The number of aliphatic hydroxyl groups excluding tert-OH is 1. The quantitative estimate of drug-likeness (QED) is 0.212. The average molecular weight is 416 g/mol. The number of nitrogens with zero attached hydrogens (tertiary/aromatic N) is 1. The first-order valence-electron chi connectivity index (χ1n) is 8.16. The van der Waals surface area contributed by atoms with Gasteiger partial charge < -0.3 is 20.8 Å². The van der Waals surface area contributed by atoms with E-state index in [-0.39, 0.29) is 41.4 Å². The van der Waals surface area contributed by atoms with E-state index in [1.54, 1.807) is 13.1 Å². The predicted molar refractivity (Wildman–Crippen MR) is 108 cm³/mol. The van der Waals surface area contributed by atoms with Crippen LogP contribution in [-0.4, -0.2) is 41.5 Å². The molecular formula is C17H22ClN3O5S. The van der Waals surface area contributed by atoms with Gasteiger partial charge >= 0.3 is 0 Å². The van der Waals surface area contributed by atoms with Crippen molar-refractivity contribution in [3.8, 4) is 5.75 Å². The summed E-state index contributed by atoms with van der Waals surface area (Å²) < 4.78 is 1.39. The Balaban J connectivity index is 2.33.